The molecule has 4 nitrogen and oxygen atoms in total. The number of carbonyl (C=O) groups excluding carboxylic acids is 2. The fourth-order valence-electron chi connectivity index (χ4n) is 2.14. The number of para-hydroxylation sites is 1. The summed E-state index contributed by atoms with van der Waals surface area (Å²) in [5.74, 6) is 0.216. The average Bonchev–Trinajstić information content (AvgIpc) is 2.59. The van der Waals surface area contributed by atoms with Crippen LogP contribution in [0.5, 0.6) is 0 Å². The predicted octanol–water partition coefficient (Wildman–Crippen LogP) is 3.92. The molecule has 120 valence electrons. The molecule has 0 spiro atoms. The Morgan fingerprint density at radius 1 is 1.09 bits per heavy atom. The lowest BCUT2D eigenvalue weighted by molar-refractivity contribution is -0.116. The smallest absolute Gasteiger partial charge is 0.258 e. The third kappa shape index (κ3) is 4.83. The summed E-state index contributed by atoms with van der Waals surface area (Å²) in [6, 6.07) is 16.3. The Bertz CT molecular complexity index is 674. The number of hydrogen-bond acceptors (Lipinski definition) is 2. The number of anilines is 2. The van der Waals surface area contributed by atoms with E-state index in [0.717, 1.165) is 5.69 Å². The van der Waals surface area contributed by atoms with Gasteiger partial charge in [0.05, 0.1) is 0 Å². The van der Waals surface area contributed by atoms with E-state index >= 15 is 0 Å². The molecule has 2 amide bonds. The molecule has 5 heteroatoms. The number of rotatable bonds is 6. The van der Waals surface area contributed by atoms with Crippen LogP contribution in [0.2, 0.25) is 0 Å². The molecule has 0 heterocycles. The SMILES string of the molecule is CN(C(=O)c1cccc(NC(=O)CCCCl)c1)c1ccccc1. The van der Waals surface area contributed by atoms with E-state index in [9.17, 15) is 9.59 Å². The number of nitrogens with zero attached hydrogens (tertiary/aromatic N) is 1. The lowest BCUT2D eigenvalue weighted by Gasteiger charge is -2.17. The van der Waals surface area contributed by atoms with Crippen molar-refractivity contribution in [3.63, 3.8) is 0 Å². The Morgan fingerprint density at radius 2 is 1.83 bits per heavy atom. The Hall–Kier alpha value is -2.33. The van der Waals surface area contributed by atoms with Gasteiger partial charge in [0.25, 0.3) is 5.91 Å². The minimum absolute atomic E-state index is 0.105. The second-order valence-corrected chi connectivity index (χ2v) is 5.50. The summed E-state index contributed by atoms with van der Waals surface area (Å²) in [6.45, 7) is 0. The van der Waals surface area contributed by atoms with Crippen LogP contribution in [-0.4, -0.2) is 24.7 Å². The van der Waals surface area contributed by atoms with Gasteiger partial charge in [-0.1, -0.05) is 24.3 Å². The van der Waals surface area contributed by atoms with Crippen LogP contribution in [0, 0.1) is 0 Å². The van der Waals surface area contributed by atoms with Crippen LogP contribution < -0.4 is 10.2 Å². The van der Waals surface area contributed by atoms with Gasteiger partial charge in [0.2, 0.25) is 5.91 Å². The maximum absolute atomic E-state index is 12.6. The molecule has 0 bridgehead atoms. The quantitative estimate of drug-likeness (QED) is 0.816. The zero-order valence-corrected chi connectivity index (χ0v) is 13.7. The molecule has 2 aromatic rings. The monoisotopic (exact) mass is 330 g/mol. The topological polar surface area (TPSA) is 49.4 Å². The highest BCUT2D eigenvalue weighted by Crippen LogP contribution is 2.17. The normalized spacial score (nSPS) is 10.2. The number of carbonyl (C=O) groups is 2. The van der Waals surface area contributed by atoms with Crippen molar-refractivity contribution in [2.45, 2.75) is 12.8 Å². The standard InChI is InChI=1S/C18H19ClN2O2/c1-21(16-9-3-2-4-10-16)18(23)14-7-5-8-15(13-14)20-17(22)11-6-12-19/h2-5,7-10,13H,6,11-12H2,1H3,(H,20,22). The summed E-state index contributed by atoms with van der Waals surface area (Å²) in [5.41, 5.74) is 1.94. The second-order valence-electron chi connectivity index (χ2n) is 5.12. The van der Waals surface area contributed by atoms with Gasteiger partial charge in [-0.3, -0.25) is 9.59 Å². The van der Waals surface area contributed by atoms with Gasteiger partial charge in [0.1, 0.15) is 0 Å². The highest BCUT2D eigenvalue weighted by atomic mass is 35.5. The third-order valence-corrected chi connectivity index (χ3v) is 3.65. The molecule has 2 aromatic carbocycles. The van der Waals surface area contributed by atoms with Gasteiger partial charge in [0, 0.05) is 36.3 Å². The van der Waals surface area contributed by atoms with Crippen molar-refractivity contribution < 1.29 is 9.59 Å². The zero-order chi connectivity index (χ0) is 16.7. The number of benzene rings is 2. The maximum Gasteiger partial charge on any atom is 0.258 e. The average molecular weight is 331 g/mol. The molecule has 0 atom stereocenters. The molecule has 0 aliphatic heterocycles. The summed E-state index contributed by atoms with van der Waals surface area (Å²) in [4.78, 5) is 25.9. The highest BCUT2D eigenvalue weighted by Gasteiger charge is 2.14. The maximum atomic E-state index is 12.6. The van der Waals surface area contributed by atoms with Crippen LogP contribution in [0.25, 0.3) is 0 Å². The molecule has 0 aliphatic carbocycles. The minimum atomic E-state index is -0.131. The lowest BCUT2D eigenvalue weighted by atomic mass is 10.1. The molecule has 0 saturated heterocycles. The van der Waals surface area contributed by atoms with Gasteiger partial charge in [-0.2, -0.15) is 0 Å². The number of amides is 2. The van der Waals surface area contributed by atoms with E-state index in [1.54, 1.807) is 36.2 Å². The molecule has 1 N–H and O–H groups in total. The number of halogens is 1. The Labute approximate surface area is 141 Å². The summed E-state index contributed by atoms with van der Waals surface area (Å²) >= 11 is 5.58. The predicted molar refractivity (Wildman–Crippen MR) is 94.2 cm³/mol. The molecule has 0 unspecified atom stereocenters. The Kier molecular flexibility index (Phi) is 6.18. The first-order chi connectivity index (χ1) is 11.1. The summed E-state index contributed by atoms with van der Waals surface area (Å²) in [6.07, 6.45) is 0.994. The van der Waals surface area contributed by atoms with Crippen molar-refractivity contribution in [1.29, 1.82) is 0 Å². The van der Waals surface area contributed by atoms with E-state index < -0.39 is 0 Å². The van der Waals surface area contributed by atoms with E-state index in [-0.39, 0.29) is 11.8 Å². The van der Waals surface area contributed by atoms with Crippen LogP contribution in [0.3, 0.4) is 0 Å². The van der Waals surface area contributed by atoms with Gasteiger partial charge < -0.3 is 10.2 Å². The van der Waals surface area contributed by atoms with Crippen molar-refractivity contribution in [1.82, 2.24) is 0 Å². The third-order valence-electron chi connectivity index (χ3n) is 3.38. The van der Waals surface area contributed by atoms with Crippen molar-refractivity contribution in [2.24, 2.45) is 0 Å². The molecule has 0 fully saturated rings. The molecular formula is C18H19ClN2O2. The van der Waals surface area contributed by atoms with Gasteiger partial charge in [0.15, 0.2) is 0 Å². The van der Waals surface area contributed by atoms with Crippen LogP contribution in [0.4, 0.5) is 11.4 Å². The molecule has 0 radical (unpaired) electrons. The van der Waals surface area contributed by atoms with Crippen LogP contribution >= 0.6 is 11.6 Å². The second kappa shape index (κ2) is 8.34. The van der Waals surface area contributed by atoms with E-state index in [4.69, 9.17) is 11.6 Å². The first-order valence-electron chi connectivity index (χ1n) is 7.41. The van der Waals surface area contributed by atoms with Crippen molar-refractivity contribution in [3.8, 4) is 0 Å². The first kappa shape index (κ1) is 17.0. The first-order valence-corrected chi connectivity index (χ1v) is 7.94. The minimum Gasteiger partial charge on any atom is -0.326 e. The summed E-state index contributed by atoms with van der Waals surface area (Å²) in [5, 5.41) is 2.78. The molecular weight excluding hydrogens is 312 g/mol. The summed E-state index contributed by atoms with van der Waals surface area (Å²) in [7, 11) is 1.73. The van der Waals surface area contributed by atoms with Gasteiger partial charge in [-0.05, 0) is 36.8 Å². The van der Waals surface area contributed by atoms with E-state index in [1.165, 1.54) is 0 Å². The molecule has 23 heavy (non-hydrogen) atoms. The van der Waals surface area contributed by atoms with Crippen LogP contribution in [-0.2, 0) is 4.79 Å². The van der Waals surface area contributed by atoms with E-state index in [0.29, 0.717) is 30.0 Å². The molecule has 0 saturated carbocycles. The Balaban J connectivity index is 2.09. The van der Waals surface area contributed by atoms with Crippen molar-refractivity contribution in [3.05, 3.63) is 60.2 Å². The van der Waals surface area contributed by atoms with E-state index in [2.05, 4.69) is 5.32 Å². The molecule has 0 aliphatic rings. The lowest BCUT2D eigenvalue weighted by Crippen LogP contribution is -2.26. The van der Waals surface area contributed by atoms with E-state index in [1.807, 2.05) is 30.3 Å². The molecule has 2 rings (SSSR count). The number of alkyl halides is 1. The largest absolute Gasteiger partial charge is 0.326 e. The zero-order valence-electron chi connectivity index (χ0n) is 13.0. The fourth-order valence-corrected chi connectivity index (χ4v) is 2.28. The van der Waals surface area contributed by atoms with Crippen LogP contribution in [0.15, 0.2) is 54.6 Å². The van der Waals surface area contributed by atoms with Crippen molar-refractivity contribution >= 4 is 34.8 Å². The number of nitrogens with one attached hydrogen (secondary N) is 1. The fraction of sp³-hybridized carbons (Fsp3) is 0.222. The van der Waals surface area contributed by atoms with Gasteiger partial charge in [-0.25, -0.2) is 0 Å². The van der Waals surface area contributed by atoms with Gasteiger partial charge >= 0.3 is 0 Å². The van der Waals surface area contributed by atoms with Gasteiger partial charge in [-0.15, -0.1) is 11.6 Å². The molecule has 0 aromatic heterocycles. The summed E-state index contributed by atoms with van der Waals surface area (Å²) < 4.78 is 0. The highest BCUT2D eigenvalue weighted by molar-refractivity contribution is 6.18. The number of hydrogen-bond donors (Lipinski definition) is 1. The Morgan fingerprint density at radius 3 is 2.52 bits per heavy atom. The van der Waals surface area contributed by atoms with Crippen LogP contribution in [0.1, 0.15) is 23.2 Å². The van der Waals surface area contributed by atoms with Crippen molar-refractivity contribution in [2.75, 3.05) is 23.1 Å².